The maximum atomic E-state index is 13.6. The molecular formula is C25H23N3O6S. The highest BCUT2D eigenvalue weighted by Crippen LogP contribution is 2.43. The van der Waals surface area contributed by atoms with Gasteiger partial charge in [0, 0.05) is 18.0 Å². The van der Waals surface area contributed by atoms with Gasteiger partial charge in [-0.1, -0.05) is 17.4 Å². The molecule has 2 aromatic heterocycles. The lowest BCUT2D eigenvalue weighted by Gasteiger charge is -2.24. The maximum absolute atomic E-state index is 13.6. The standard InChI is InChI=1S/C25H23N3O6S/c1-5-34-24(32)22-14(3)27-25(35-22)28-19(16-7-6-10-26-12-16)18(21(30)23(28)31)20(29)15-8-9-17(33-4)13(2)11-15/h6-12,18-19H,5H2,1-4H3. The summed E-state index contributed by atoms with van der Waals surface area (Å²) in [6.45, 7) is 5.28. The van der Waals surface area contributed by atoms with Crippen LogP contribution in [0.3, 0.4) is 0 Å². The first kappa shape index (κ1) is 24.2. The second-order valence-corrected chi connectivity index (χ2v) is 8.91. The van der Waals surface area contributed by atoms with Crippen LogP contribution < -0.4 is 9.64 Å². The van der Waals surface area contributed by atoms with Crippen LogP contribution in [0.2, 0.25) is 0 Å². The van der Waals surface area contributed by atoms with Crippen molar-refractivity contribution >= 4 is 39.9 Å². The molecule has 10 heteroatoms. The summed E-state index contributed by atoms with van der Waals surface area (Å²) in [5.74, 6) is -3.48. The summed E-state index contributed by atoms with van der Waals surface area (Å²) in [5, 5.41) is 0.138. The quantitative estimate of drug-likeness (QED) is 0.213. The molecule has 1 aliphatic rings. The molecule has 35 heavy (non-hydrogen) atoms. The van der Waals surface area contributed by atoms with Crippen molar-refractivity contribution in [3.05, 3.63) is 70.0 Å². The number of ketones is 2. The van der Waals surface area contributed by atoms with E-state index in [2.05, 4.69) is 9.97 Å². The number of aromatic nitrogens is 2. The SMILES string of the molecule is CCOC(=O)c1sc(N2C(=O)C(=O)C(C(=O)c3ccc(OC)c(C)c3)C2c2cccnc2)nc1C. The van der Waals surface area contributed by atoms with Crippen molar-refractivity contribution in [3.63, 3.8) is 0 Å². The number of nitrogens with zero attached hydrogens (tertiary/aromatic N) is 3. The molecule has 180 valence electrons. The normalized spacial score (nSPS) is 17.5. The number of rotatable bonds is 7. The van der Waals surface area contributed by atoms with Crippen LogP contribution in [0.25, 0.3) is 0 Å². The van der Waals surface area contributed by atoms with E-state index in [1.54, 1.807) is 57.3 Å². The highest BCUT2D eigenvalue weighted by Gasteiger charge is 2.53. The minimum absolute atomic E-state index is 0.138. The average molecular weight is 494 g/mol. The molecule has 1 fully saturated rings. The summed E-state index contributed by atoms with van der Waals surface area (Å²) < 4.78 is 10.3. The van der Waals surface area contributed by atoms with Gasteiger partial charge in [0.1, 0.15) is 16.5 Å². The van der Waals surface area contributed by atoms with Gasteiger partial charge in [-0.05, 0) is 56.2 Å². The third-order valence-corrected chi connectivity index (χ3v) is 6.88. The van der Waals surface area contributed by atoms with Crippen LogP contribution in [0.15, 0.2) is 42.7 Å². The Kier molecular flexibility index (Phi) is 6.74. The monoisotopic (exact) mass is 493 g/mol. The molecule has 3 heterocycles. The number of pyridine rings is 1. The average Bonchev–Trinajstić information content (AvgIpc) is 3.36. The first-order valence-electron chi connectivity index (χ1n) is 10.9. The molecule has 2 unspecified atom stereocenters. The lowest BCUT2D eigenvalue weighted by Crippen LogP contribution is -2.30. The second kappa shape index (κ2) is 9.75. The van der Waals surface area contributed by atoms with Crippen LogP contribution in [-0.4, -0.2) is 47.1 Å². The summed E-state index contributed by atoms with van der Waals surface area (Å²) >= 11 is 0.945. The second-order valence-electron chi connectivity index (χ2n) is 7.93. The predicted octanol–water partition coefficient (Wildman–Crippen LogP) is 3.50. The number of benzene rings is 1. The van der Waals surface area contributed by atoms with Crippen LogP contribution >= 0.6 is 11.3 Å². The predicted molar refractivity (Wildman–Crippen MR) is 128 cm³/mol. The Morgan fingerprint density at radius 3 is 2.57 bits per heavy atom. The van der Waals surface area contributed by atoms with E-state index in [4.69, 9.17) is 9.47 Å². The lowest BCUT2D eigenvalue weighted by atomic mass is 9.86. The van der Waals surface area contributed by atoms with Gasteiger partial charge in [0.25, 0.3) is 5.91 Å². The van der Waals surface area contributed by atoms with Crippen molar-refractivity contribution in [2.45, 2.75) is 26.8 Å². The number of amides is 1. The number of anilines is 1. The number of hydrogen-bond donors (Lipinski definition) is 0. The van der Waals surface area contributed by atoms with Gasteiger partial charge in [0.2, 0.25) is 5.78 Å². The first-order valence-corrected chi connectivity index (χ1v) is 11.7. The topological polar surface area (TPSA) is 116 Å². The molecule has 0 N–H and O–H groups in total. The molecule has 0 radical (unpaired) electrons. The molecule has 4 rings (SSSR count). The van der Waals surface area contributed by atoms with Gasteiger partial charge < -0.3 is 9.47 Å². The van der Waals surface area contributed by atoms with Gasteiger partial charge in [0.05, 0.1) is 25.5 Å². The van der Waals surface area contributed by atoms with E-state index in [-0.39, 0.29) is 22.2 Å². The molecule has 1 aliphatic heterocycles. The van der Waals surface area contributed by atoms with Crippen LogP contribution in [0.4, 0.5) is 5.13 Å². The largest absolute Gasteiger partial charge is 0.496 e. The zero-order chi connectivity index (χ0) is 25.3. The molecule has 1 amide bonds. The molecule has 9 nitrogen and oxygen atoms in total. The van der Waals surface area contributed by atoms with Crippen molar-refractivity contribution in [3.8, 4) is 5.75 Å². The molecule has 0 spiro atoms. The summed E-state index contributed by atoms with van der Waals surface area (Å²) in [6.07, 6.45) is 3.07. The van der Waals surface area contributed by atoms with Gasteiger partial charge in [-0.2, -0.15) is 0 Å². The zero-order valence-electron chi connectivity index (χ0n) is 19.6. The Hall–Kier alpha value is -3.92. The third-order valence-electron chi connectivity index (χ3n) is 5.75. The summed E-state index contributed by atoms with van der Waals surface area (Å²) in [4.78, 5) is 62.4. The van der Waals surface area contributed by atoms with E-state index in [0.29, 0.717) is 17.0 Å². The number of carbonyl (C=O) groups excluding carboxylic acids is 4. The fourth-order valence-corrected chi connectivity index (χ4v) is 5.11. The van der Waals surface area contributed by atoms with Crippen molar-refractivity contribution in [1.82, 2.24) is 9.97 Å². The minimum Gasteiger partial charge on any atom is -0.496 e. The molecule has 0 saturated carbocycles. The summed E-state index contributed by atoms with van der Waals surface area (Å²) in [5.41, 5.74) is 1.88. The molecule has 2 atom stereocenters. The van der Waals surface area contributed by atoms with Crippen molar-refractivity contribution in [2.24, 2.45) is 5.92 Å². The van der Waals surface area contributed by atoms with Crippen LogP contribution in [-0.2, 0) is 14.3 Å². The van der Waals surface area contributed by atoms with Crippen molar-refractivity contribution in [1.29, 1.82) is 0 Å². The highest BCUT2D eigenvalue weighted by atomic mass is 32.1. The smallest absolute Gasteiger partial charge is 0.350 e. The Balaban J connectivity index is 1.82. The number of aryl methyl sites for hydroxylation is 2. The fourth-order valence-electron chi connectivity index (χ4n) is 4.11. The number of Topliss-reactive ketones (excluding diaryl/α,β-unsaturated/α-hetero) is 2. The lowest BCUT2D eigenvalue weighted by molar-refractivity contribution is -0.135. The molecule has 3 aromatic rings. The number of thiazole rings is 1. The van der Waals surface area contributed by atoms with Crippen LogP contribution in [0, 0.1) is 19.8 Å². The number of hydrogen-bond acceptors (Lipinski definition) is 9. The van der Waals surface area contributed by atoms with E-state index >= 15 is 0 Å². The van der Waals surface area contributed by atoms with E-state index in [1.165, 1.54) is 18.2 Å². The summed E-state index contributed by atoms with van der Waals surface area (Å²) in [7, 11) is 1.53. The number of methoxy groups -OCH3 is 1. The zero-order valence-corrected chi connectivity index (χ0v) is 20.4. The number of carbonyl (C=O) groups is 4. The Morgan fingerprint density at radius 1 is 1.17 bits per heavy atom. The van der Waals surface area contributed by atoms with Crippen molar-refractivity contribution in [2.75, 3.05) is 18.6 Å². The molecule has 1 aromatic carbocycles. The van der Waals surface area contributed by atoms with Gasteiger partial charge >= 0.3 is 5.97 Å². The molecule has 0 bridgehead atoms. The third kappa shape index (κ3) is 4.32. The summed E-state index contributed by atoms with van der Waals surface area (Å²) in [6, 6.07) is 7.24. The fraction of sp³-hybridized carbons (Fsp3) is 0.280. The first-order chi connectivity index (χ1) is 16.8. The van der Waals surface area contributed by atoms with Gasteiger partial charge in [-0.15, -0.1) is 0 Å². The van der Waals surface area contributed by atoms with E-state index in [9.17, 15) is 19.2 Å². The molecule has 1 saturated heterocycles. The van der Waals surface area contributed by atoms with Crippen LogP contribution in [0.5, 0.6) is 5.75 Å². The Bertz CT molecular complexity index is 1320. The Morgan fingerprint density at radius 2 is 1.94 bits per heavy atom. The van der Waals surface area contributed by atoms with E-state index in [0.717, 1.165) is 16.9 Å². The van der Waals surface area contributed by atoms with Gasteiger partial charge in [-0.25, -0.2) is 9.78 Å². The van der Waals surface area contributed by atoms with Gasteiger partial charge in [0.15, 0.2) is 10.9 Å². The van der Waals surface area contributed by atoms with Crippen molar-refractivity contribution < 1.29 is 28.7 Å². The van der Waals surface area contributed by atoms with E-state index < -0.39 is 35.4 Å². The minimum atomic E-state index is -1.31. The molecular weight excluding hydrogens is 470 g/mol. The highest BCUT2D eigenvalue weighted by molar-refractivity contribution is 7.17. The molecule has 0 aliphatic carbocycles. The van der Waals surface area contributed by atoms with Crippen LogP contribution in [0.1, 0.15) is 49.8 Å². The Labute approximate surface area is 205 Å². The van der Waals surface area contributed by atoms with E-state index in [1.807, 2.05) is 0 Å². The maximum Gasteiger partial charge on any atom is 0.350 e. The van der Waals surface area contributed by atoms with Gasteiger partial charge in [-0.3, -0.25) is 24.3 Å². The number of esters is 1. The number of ether oxygens (including phenoxy) is 2.